The predicted octanol–water partition coefficient (Wildman–Crippen LogP) is 9.79. The van der Waals surface area contributed by atoms with Crippen LogP contribution < -0.4 is 11.5 Å². The van der Waals surface area contributed by atoms with E-state index < -0.39 is 7.60 Å². The highest BCUT2D eigenvalue weighted by Crippen LogP contribution is 2.67. The molecule has 3 saturated carbocycles. The van der Waals surface area contributed by atoms with E-state index in [2.05, 4.69) is 50.7 Å². The Bertz CT molecular complexity index is 1520. The summed E-state index contributed by atoms with van der Waals surface area (Å²) >= 11 is 0. The third kappa shape index (κ3) is 12.9. The van der Waals surface area contributed by atoms with Crippen LogP contribution in [0.15, 0.2) is 21.6 Å². The van der Waals surface area contributed by atoms with Gasteiger partial charge in [-0.2, -0.15) is 0 Å². The van der Waals surface area contributed by atoms with Crippen molar-refractivity contribution in [1.82, 2.24) is 4.90 Å². The zero-order chi connectivity index (χ0) is 42.6. The molecule has 0 bridgehead atoms. The van der Waals surface area contributed by atoms with Crippen molar-refractivity contribution in [3.8, 4) is 0 Å². The van der Waals surface area contributed by atoms with Gasteiger partial charge in [-0.15, -0.1) is 0 Å². The Labute approximate surface area is 356 Å². The van der Waals surface area contributed by atoms with Gasteiger partial charge < -0.3 is 40.3 Å². The molecule has 1 aliphatic heterocycles. The maximum Gasteiger partial charge on any atom is 0.410 e. The van der Waals surface area contributed by atoms with E-state index in [0.29, 0.717) is 56.7 Å². The molecule has 12 nitrogen and oxygen atoms in total. The van der Waals surface area contributed by atoms with E-state index in [0.717, 1.165) is 67.6 Å². The van der Waals surface area contributed by atoms with Gasteiger partial charge in [-0.25, -0.2) is 4.79 Å². The Balaban J connectivity index is 1.03. The predicted molar refractivity (Wildman–Crippen MR) is 240 cm³/mol. The number of hydrogen-bond donors (Lipinski definition) is 3. The van der Waals surface area contributed by atoms with Gasteiger partial charge in [0.1, 0.15) is 6.10 Å². The number of likely N-dealkylation sites (tertiary alicyclic amines) is 1. The monoisotopic (exact) mass is 845 g/mol. The second-order valence-corrected chi connectivity index (χ2v) is 21.8. The number of allylic oxidation sites excluding steroid dienone is 1. The average molecular weight is 845 g/mol. The molecule has 10 atom stereocenters. The highest BCUT2D eigenvalue weighted by Gasteiger charge is 2.59. The molecule has 0 radical (unpaired) electrons. The topological polar surface area (TPSA) is 175 Å². The molecule has 0 aromatic heterocycles. The minimum atomic E-state index is -3.36. The van der Waals surface area contributed by atoms with Crippen LogP contribution in [0.5, 0.6) is 0 Å². The SMILES string of the molecule is CC(=N)CCCOP(=O)(CCCOCCN=CC1CCCN1C(=O)OC1CCC2(C)C(=CCC3C2CCC2(C)C(C(C)CCCC(C)C)CCC32)C1)OCCN=C(N)N. The second kappa shape index (κ2) is 22.2. The van der Waals surface area contributed by atoms with Crippen molar-refractivity contribution in [1.29, 1.82) is 5.41 Å². The number of nitrogens with one attached hydrogen (secondary N) is 1. The van der Waals surface area contributed by atoms with Crippen LogP contribution in [0.4, 0.5) is 4.79 Å². The van der Waals surface area contributed by atoms with E-state index in [1.54, 1.807) is 12.5 Å². The Morgan fingerprint density at radius 2 is 1.78 bits per heavy atom. The van der Waals surface area contributed by atoms with Gasteiger partial charge in [-0.3, -0.25) is 14.5 Å². The number of carbonyl (C=O) groups excluding carboxylic acids is 1. The van der Waals surface area contributed by atoms with Gasteiger partial charge >= 0.3 is 13.7 Å². The van der Waals surface area contributed by atoms with Crippen LogP contribution >= 0.6 is 7.60 Å². The van der Waals surface area contributed by atoms with Crippen LogP contribution in [0.2, 0.25) is 0 Å². The highest BCUT2D eigenvalue weighted by atomic mass is 31.2. The van der Waals surface area contributed by atoms with Crippen molar-refractivity contribution < 1.29 is 27.9 Å². The first kappa shape index (κ1) is 47.8. The van der Waals surface area contributed by atoms with E-state index in [-0.39, 0.29) is 55.5 Å². The molecule has 4 fully saturated rings. The number of ether oxygens (including phenoxy) is 2. The number of carbonyl (C=O) groups is 1. The Kier molecular flexibility index (Phi) is 18.0. The quantitative estimate of drug-likeness (QED) is 0.0300. The lowest BCUT2D eigenvalue weighted by Crippen LogP contribution is -2.51. The fourth-order valence-electron chi connectivity index (χ4n) is 12.0. The van der Waals surface area contributed by atoms with Crippen LogP contribution in [-0.4, -0.2) is 93.2 Å². The van der Waals surface area contributed by atoms with E-state index in [1.807, 2.05) is 11.1 Å². The molecule has 5 aliphatic rings. The van der Waals surface area contributed by atoms with E-state index >= 15 is 0 Å². The zero-order valence-corrected chi connectivity index (χ0v) is 38.5. The molecule has 13 heteroatoms. The summed E-state index contributed by atoms with van der Waals surface area (Å²) in [6.07, 6.45) is 21.8. The lowest BCUT2D eigenvalue weighted by Gasteiger charge is -2.58. The van der Waals surface area contributed by atoms with Crippen molar-refractivity contribution in [3.63, 3.8) is 0 Å². The first-order chi connectivity index (χ1) is 28.1. The first-order valence-corrected chi connectivity index (χ1v) is 25.1. The van der Waals surface area contributed by atoms with Crippen LogP contribution in [0, 0.1) is 51.7 Å². The van der Waals surface area contributed by atoms with Crippen molar-refractivity contribution in [2.75, 3.05) is 52.2 Å². The van der Waals surface area contributed by atoms with E-state index in [1.165, 1.54) is 51.4 Å². The molecule has 10 unspecified atom stereocenters. The number of guanidine groups is 1. The number of amides is 1. The van der Waals surface area contributed by atoms with E-state index in [4.69, 9.17) is 35.4 Å². The number of nitrogens with zero attached hydrogens (tertiary/aromatic N) is 3. The number of fused-ring (bicyclic) bond motifs is 5. The van der Waals surface area contributed by atoms with Gasteiger partial charge in [0.15, 0.2) is 5.96 Å². The molecule has 5 rings (SSSR count). The van der Waals surface area contributed by atoms with Gasteiger partial charge in [-0.05, 0) is 130 Å². The van der Waals surface area contributed by atoms with Crippen molar-refractivity contribution in [2.45, 2.75) is 156 Å². The molecule has 1 heterocycles. The number of rotatable bonds is 23. The molecule has 1 saturated heterocycles. The summed E-state index contributed by atoms with van der Waals surface area (Å²) < 4.78 is 36.6. The van der Waals surface area contributed by atoms with Gasteiger partial charge in [0.05, 0.1) is 45.1 Å². The van der Waals surface area contributed by atoms with Crippen LogP contribution in [-0.2, 0) is 23.1 Å². The zero-order valence-electron chi connectivity index (χ0n) is 37.6. The first-order valence-electron chi connectivity index (χ1n) is 23.4. The van der Waals surface area contributed by atoms with Crippen LogP contribution in [0.25, 0.3) is 0 Å². The Hall–Kier alpha value is -2.27. The summed E-state index contributed by atoms with van der Waals surface area (Å²) in [6, 6.07) is -0.0636. The Morgan fingerprint density at radius 3 is 2.54 bits per heavy atom. The standard InChI is InChI=1S/C46H81N6O6P/c1-33(2)11-7-12-34(3)40-17-18-41-39-16-15-36-31-38(19-21-45(36,5)42(39)20-22-46(40,41)6)58-44(53)52-25-8-14-37(52)32-50-23-28-55-26-10-30-59(54,56-27-9-13-35(4)47)57-29-24-51-43(48)49/h15,32-34,37-42,47H,7-14,16-31H2,1-6H3,(H4,48,49,51). The normalized spacial score (nSPS) is 31.9. The summed E-state index contributed by atoms with van der Waals surface area (Å²) in [5, 5.41) is 7.59. The molecule has 59 heavy (non-hydrogen) atoms. The molecule has 336 valence electrons. The van der Waals surface area contributed by atoms with Crippen molar-refractivity contribution >= 4 is 31.6 Å². The average Bonchev–Trinajstić information content (AvgIpc) is 3.80. The summed E-state index contributed by atoms with van der Waals surface area (Å²) in [5.41, 5.74) is 13.6. The molecular weight excluding hydrogens is 764 g/mol. The third-order valence-electron chi connectivity index (χ3n) is 15.1. The van der Waals surface area contributed by atoms with Crippen molar-refractivity contribution in [3.05, 3.63) is 11.6 Å². The maximum atomic E-state index is 13.6. The summed E-state index contributed by atoms with van der Waals surface area (Å²) in [7, 11) is -3.36. The lowest BCUT2D eigenvalue weighted by atomic mass is 9.47. The molecule has 1 amide bonds. The smallest absolute Gasteiger partial charge is 0.410 e. The lowest BCUT2D eigenvalue weighted by molar-refractivity contribution is -0.0592. The molecule has 5 N–H and O–H groups in total. The van der Waals surface area contributed by atoms with Crippen LogP contribution in [0.1, 0.15) is 144 Å². The summed E-state index contributed by atoms with van der Waals surface area (Å²) in [4.78, 5) is 23.9. The maximum absolute atomic E-state index is 13.6. The third-order valence-corrected chi connectivity index (χ3v) is 17.1. The van der Waals surface area contributed by atoms with Gasteiger partial charge in [0.25, 0.3) is 0 Å². The number of hydrogen-bond acceptors (Lipinski definition) is 9. The number of aliphatic imine (C=N–C) groups is 2. The Morgan fingerprint density at radius 1 is 0.983 bits per heavy atom. The fourth-order valence-corrected chi connectivity index (χ4v) is 13.6. The molecule has 0 spiro atoms. The molecular formula is C46H81N6O6P. The largest absolute Gasteiger partial charge is 0.446 e. The van der Waals surface area contributed by atoms with Crippen molar-refractivity contribution in [2.24, 2.45) is 67.8 Å². The molecule has 4 aliphatic carbocycles. The minimum absolute atomic E-state index is 0.0510. The number of nitrogens with two attached hydrogens (primary N) is 2. The minimum Gasteiger partial charge on any atom is -0.446 e. The second-order valence-electron chi connectivity index (χ2n) is 19.7. The molecule has 0 aromatic rings. The van der Waals surface area contributed by atoms with Gasteiger partial charge in [0, 0.05) is 31.5 Å². The van der Waals surface area contributed by atoms with Gasteiger partial charge in [0.2, 0.25) is 0 Å². The fraction of sp³-hybridized carbons (Fsp3) is 0.870. The summed E-state index contributed by atoms with van der Waals surface area (Å²) in [5.74, 6) is 4.87. The highest BCUT2D eigenvalue weighted by molar-refractivity contribution is 7.53. The van der Waals surface area contributed by atoms with Gasteiger partial charge in [-0.1, -0.05) is 65.5 Å². The summed E-state index contributed by atoms with van der Waals surface area (Å²) in [6.45, 7) is 16.7. The van der Waals surface area contributed by atoms with E-state index in [9.17, 15) is 9.36 Å². The molecule has 0 aromatic carbocycles. The van der Waals surface area contributed by atoms with Crippen LogP contribution in [0.3, 0.4) is 0 Å².